The monoisotopic (exact) mass is 464 g/mol. The Balaban J connectivity index is 1.54. The lowest BCUT2D eigenvalue weighted by Gasteiger charge is -2.26. The van der Waals surface area contributed by atoms with Gasteiger partial charge in [0, 0.05) is 30.7 Å². The van der Waals surface area contributed by atoms with Gasteiger partial charge in [-0.2, -0.15) is 0 Å². The molecule has 1 aromatic carbocycles. The number of ether oxygens (including phenoxy) is 1. The molecule has 0 radical (unpaired) electrons. The molecule has 8 nitrogen and oxygen atoms in total. The normalized spacial score (nSPS) is 13.7. The number of pyridine rings is 1. The Morgan fingerprint density at radius 3 is 2.65 bits per heavy atom. The second-order valence-corrected chi connectivity index (χ2v) is 7.82. The highest BCUT2D eigenvalue weighted by Gasteiger charge is 2.18. The summed E-state index contributed by atoms with van der Waals surface area (Å²) in [4.78, 5) is 42.5. The molecular formula is C21H22Cl2N4O4. The van der Waals surface area contributed by atoms with Crippen LogP contribution in [0, 0.1) is 0 Å². The number of halogens is 2. The summed E-state index contributed by atoms with van der Waals surface area (Å²) in [5, 5.41) is 6.23. The van der Waals surface area contributed by atoms with E-state index < -0.39 is 5.91 Å². The van der Waals surface area contributed by atoms with Crippen molar-refractivity contribution < 1.29 is 19.1 Å². The number of hydrogen-bond acceptors (Lipinski definition) is 5. The average Bonchev–Trinajstić information content (AvgIpc) is 2.75. The Labute approximate surface area is 189 Å². The van der Waals surface area contributed by atoms with Crippen LogP contribution in [0.2, 0.25) is 10.0 Å². The number of benzene rings is 1. The highest BCUT2D eigenvalue weighted by Crippen LogP contribution is 2.22. The van der Waals surface area contributed by atoms with Gasteiger partial charge in [0.2, 0.25) is 11.8 Å². The SMILES string of the molecule is O=C(CCCCN1CCOCC1=O)Nc1ccc(Cl)cc1C(=O)Nc1ccc(Cl)cn1. The van der Waals surface area contributed by atoms with Gasteiger partial charge in [0.1, 0.15) is 12.4 Å². The Morgan fingerprint density at radius 1 is 1.10 bits per heavy atom. The van der Waals surface area contributed by atoms with Crippen molar-refractivity contribution in [3.8, 4) is 0 Å². The summed E-state index contributed by atoms with van der Waals surface area (Å²) >= 11 is 11.8. The lowest BCUT2D eigenvalue weighted by atomic mass is 10.1. The Bertz CT molecular complexity index is 953. The zero-order valence-electron chi connectivity index (χ0n) is 16.7. The number of rotatable bonds is 8. The average molecular weight is 465 g/mol. The van der Waals surface area contributed by atoms with Crippen molar-refractivity contribution in [3.63, 3.8) is 0 Å². The van der Waals surface area contributed by atoms with E-state index in [1.165, 1.54) is 12.3 Å². The number of morpholine rings is 1. The number of nitrogens with zero attached hydrogens (tertiary/aromatic N) is 2. The van der Waals surface area contributed by atoms with Crippen molar-refractivity contribution >= 4 is 52.4 Å². The summed E-state index contributed by atoms with van der Waals surface area (Å²) < 4.78 is 5.10. The van der Waals surface area contributed by atoms with E-state index in [0.717, 1.165) is 0 Å². The second kappa shape index (κ2) is 11.1. The second-order valence-electron chi connectivity index (χ2n) is 6.94. The molecule has 3 amide bonds. The Kier molecular flexibility index (Phi) is 8.22. The molecule has 0 aliphatic carbocycles. The van der Waals surface area contributed by atoms with Gasteiger partial charge in [0.05, 0.1) is 22.9 Å². The topological polar surface area (TPSA) is 101 Å². The van der Waals surface area contributed by atoms with Gasteiger partial charge in [-0.15, -0.1) is 0 Å². The molecule has 1 saturated heterocycles. The fourth-order valence-corrected chi connectivity index (χ4v) is 3.32. The Morgan fingerprint density at radius 2 is 1.90 bits per heavy atom. The molecule has 1 aliphatic rings. The first-order valence-electron chi connectivity index (χ1n) is 9.80. The van der Waals surface area contributed by atoms with Crippen LogP contribution in [0.1, 0.15) is 29.6 Å². The minimum Gasteiger partial charge on any atom is -0.370 e. The quantitative estimate of drug-likeness (QED) is 0.581. The van der Waals surface area contributed by atoms with Gasteiger partial charge in [-0.1, -0.05) is 23.2 Å². The summed E-state index contributed by atoms with van der Waals surface area (Å²) in [6.07, 6.45) is 3.00. The van der Waals surface area contributed by atoms with Gasteiger partial charge < -0.3 is 20.3 Å². The zero-order chi connectivity index (χ0) is 22.2. The van der Waals surface area contributed by atoms with Crippen LogP contribution >= 0.6 is 23.2 Å². The largest absolute Gasteiger partial charge is 0.370 e. The standard InChI is InChI=1S/C21H22Cl2N4O4/c22-14-4-6-17(16(11-14)21(30)26-18-7-5-15(23)12-24-18)25-19(28)3-1-2-8-27-9-10-31-13-20(27)29/h4-7,11-12H,1-3,8-10,13H2,(H,25,28)(H,24,26,30). The molecule has 0 saturated carbocycles. The minimum absolute atomic E-state index is 0.0253. The van der Waals surface area contributed by atoms with Crippen LogP contribution in [0.3, 0.4) is 0 Å². The first kappa shape index (κ1) is 23.0. The molecular weight excluding hydrogens is 443 g/mol. The van der Waals surface area contributed by atoms with Crippen molar-refractivity contribution in [3.05, 3.63) is 52.1 Å². The van der Waals surface area contributed by atoms with Crippen molar-refractivity contribution in [1.82, 2.24) is 9.88 Å². The molecule has 2 aromatic rings. The van der Waals surface area contributed by atoms with Gasteiger partial charge in [-0.3, -0.25) is 14.4 Å². The van der Waals surface area contributed by atoms with Gasteiger partial charge in [0.25, 0.3) is 5.91 Å². The smallest absolute Gasteiger partial charge is 0.258 e. The van der Waals surface area contributed by atoms with Crippen LogP contribution in [0.4, 0.5) is 11.5 Å². The van der Waals surface area contributed by atoms with Crippen molar-refractivity contribution in [2.75, 3.05) is 36.9 Å². The van der Waals surface area contributed by atoms with Crippen LogP contribution in [-0.4, -0.2) is 53.9 Å². The zero-order valence-corrected chi connectivity index (χ0v) is 18.2. The molecule has 0 atom stereocenters. The molecule has 3 rings (SSSR count). The number of unbranched alkanes of at least 4 members (excludes halogenated alkanes) is 1. The highest BCUT2D eigenvalue weighted by atomic mass is 35.5. The van der Waals surface area contributed by atoms with Crippen LogP contribution in [0.5, 0.6) is 0 Å². The fraction of sp³-hybridized carbons (Fsp3) is 0.333. The van der Waals surface area contributed by atoms with E-state index in [2.05, 4.69) is 15.6 Å². The summed E-state index contributed by atoms with van der Waals surface area (Å²) in [6, 6.07) is 7.83. The van der Waals surface area contributed by atoms with E-state index in [-0.39, 0.29) is 30.4 Å². The predicted octanol–water partition coefficient (Wildman–Crippen LogP) is 3.61. The third-order valence-electron chi connectivity index (χ3n) is 4.63. The lowest BCUT2D eigenvalue weighted by molar-refractivity contribution is -0.142. The molecule has 0 spiro atoms. The summed E-state index contributed by atoms with van der Waals surface area (Å²) in [6.45, 7) is 1.83. The van der Waals surface area contributed by atoms with Crippen LogP contribution in [0.15, 0.2) is 36.5 Å². The first-order chi connectivity index (χ1) is 14.9. The number of anilines is 2. The minimum atomic E-state index is -0.460. The lowest BCUT2D eigenvalue weighted by Crippen LogP contribution is -2.42. The molecule has 0 unspecified atom stereocenters. The van der Waals surface area contributed by atoms with E-state index in [1.807, 2.05) is 0 Å². The number of carbonyl (C=O) groups is 3. The van der Waals surface area contributed by atoms with Crippen LogP contribution < -0.4 is 10.6 Å². The maximum Gasteiger partial charge on any atom is 0.258 e. The molecule has 1 aromatic heterocycles. The fourth-order valence-electron chi connectivity index (χ4n) is 3.03. The molecule has 31 heavy (non-hydrogen) atoms. The maximum absolute atomic E-state index is 12.7. The third kappa shape index (κ3) is 6.92. The molecule has 10 heteroatoms. The molecule has 1 aliphatic heterocycles. The van der Waals surface area contributed by atoms with E-state index in [0.29, 0.717) is 54.1 Å². The summed E-state index contributed by atoms with van der Waals surface area (Å²) in [5.74, 6) is -0.389. The van der Waals surface area contributed by atoms with Crippen LogP contribution in [0.25, 0.3) is 0 Å². The van der Waals surface area contributed by atoms with Gasteiger partial charge in [-0.05, 0) is 43.2 Å². The number of nitrogens with one attached hydrogen (secondary N) is 2. The van der Waals surface area contributed by atoms with Crippen molar-refractivity contribution in [2.24, 2.45) is 0 Å². The number of hydrogen-bond donors (Lipinski definition) is 2. The molecule has 164 valence electrons. The third-order valence-corrected chi connectivity index (χ3v) is 5.09. The van der Waals surface area contributed by atoms with Crippen LogP contribution in [-0.2, 0) is 14.3 Å². The predicted molar refractivity (Wildman–Crippen MR) is 119 cm³/mol. The van der Waals surface area contributed by atoms with E-state index in [9.17, 15) is 14.4 Å². The summed E-state index contributed by atoms with van der Waals surface area (Å²) in [5.41, 5.74) is 0.570. The van der Waals surface area contributed by atoms with E-state index in [4.69, 9.17) is 27.9 Å². The van der Waals surface area contributed by atoms with E-state index >= 15 is 0 Å². The first-order valence-corrected chi connectivity index (χ1v) is 10.6. The highest BCUT2D eigenvalue weighted by molar-refractivity contribution is 6.31. The van der Waals surface area contributed by atoms with Crippen molar-refractivity contribution in [2.45, 2.75) is 19.3 Å². The van der Waals surface area contributed by atoms with Crippen molar-refractivity contribution in [1.29, 1.82) is 0 Å². The number of aromatic nitrogens is 1. The number of amides is 3. The maximum atomic E-state index is 12.7. The van der Waals surface area contributed by atoms with Gasteiger partial charge >= 0.3 is 0 Å². The number of carbonyl (C=O) groups excluding carboxylic acids is 3. The Hall–Kier alpha value is -2.68. The molecule has 2 heterocycles. The van der Waals surface area contributed by atoms with Gasteiger partial charge in [0.15, 0.2) is 0 Å². The summed E-state index contributed by atoms with van der Waals surface area (Å²) in [7, 11) is 0. The van der Waals surface area contributed by atoms with E-state index in [1.54, 1.807) is 29.2 Å². The molecule has 2 N–H and O–H groups in total. The molecule has 1 fully saturated rings. The van der Waals surface area contributed by atoms with Gasteiger partial charge in [-0.25, -0.2) is 4.98 Å². The molecule has 0 bridgehead atoms.